The predicted octanol–water partition coefficient (Wildman–Crippen LogP) is 1.77. The number of carbonyl (C=O) groups is 1. The van der Waals surface area contributed by atoms with Gasteiger partial charge in [-0.15, -0.1) is 6.58 Å². The van der Waals surface area contributed by atoms with Crippen molar-refractivity contribution in [2.75, 3.05) is 6.54 Å². The summed E-state index contributed by atoms with van der Waals surface area (Å²) in [6.07, 6.45) is 3.05. The molecular formula is C17H16N4O4. The van der Waals surface area contributed by atoms with E-state index in [0.29, 0.717) is 35.0 Å². The van der Waals surface area contributed by atoms with E-state index in [4.69, 9.17) is 8.94 Å². The van der Waals surface area contributed by atoms with Crippen LogP contribution in [0.2, 0.25) is 0 Å². The second-order valence-corrected chi connectivity index (χ2v) is 5.31. The molecule has 128 valence electrons. The fraction of sp³-hybridized carbons (Fsp3) is 0.176. The maximum Gasteiger partial charge on any atom is 0.268 e. The zero-order chi connectivity index (χ0) is 17.8. The van der Waals surface area contributed by atoms with Gasteiger partial charge in [0.05, 0.1) is 17.5 Å². The number of hydrogen-bond acceptors (Lipinski definition) is 6. The molecule has 0 fully saturated rings. The second-order valence-electron chi connectivity index (χ2n) is 5.31. The van der Waals surface area contributed by atoms with E-state index in [1.807, 2.05) is 0 Å². The average Bonchev–Trinajstić information content (AvgIpc) is 3.26. The Kier molecular flexibility index (Phi) is 4.60. The molecule has 0 atom stereocenters. The van der Waals surface area contributed by atoms with Crippen LogP contribution in [0.5, 0.6) is 0 Å². The van der Waals surface area contributed by atoms with Gasteiger partial charge in [0.1, 0.15) is 12.2 Å². The van der Waals surface area contributed by atoms with Crippen LogP contribution in [0.4, 0.5) is 0 Å². The Morgan fingerprint density at radius 1 is 1.40 bits per heavy atom. The van der Waals surface area contributed by atoms with Crippen molar-refractivity contribution in [2.45, 2.75) is 13.5 Å². The highest BCUT2D eigenvalue weighted by molar-refractivity contribution is 5.77. The van der Waals surface area contributed by atoms with Gasteiger partial charge >= 0.3 is 0 Å². The van der Waals surface area contributed by atoms with Crippen molar-refractivity contribution in [3.05, 3.63) is 59.2 Å². The molecule has 8 nitrogen and oxygen atoms in total. The highest BCUT2D eigenvalue weighted by atomic mass is 16.5. The topological polar surface area (TPSA) is 103 Å². The lowest BCUT2D eigenvalue weighted by Gasteiger charge is -2.09. The molecule has 3 aromatic heterocycles. The van der Waals surface area contributed by atoms with E-state index < -0.39 is 5.56 Å². The van der Waals surface area contributed by atoms with Crippen LogP contribution < -0.4 is 10.9 Å². The van der Waals surface area contributed by atoms with E-state index in [2.05, 4.69) is 22.2 Å². The van der Waals surface area contributed by atoms with Crippen LogP contribution in [0, 0.1) is 6.92 Å². The molecule has 0 radical (unpaired) electrons. The van der Waals surface area contributed by atoms with Crippen molar-refractivity contribution in [3.8, 4) is 22.8 Å². The molecule has 1 N–H and O–H groups in total. The van der Waals surface area contributed by atoms with Gasteiger partial charge in [0.25, 0.3) is 5.56 Å². The number of nitrogens with one attached hydrogen (secondary N) is 1. The smallest absolute Gasteiger partial charge is 0.268 e. The van der Waals surface area contributed by atoms with E-state index in [1.165, 1.54) is 12.3 Å². The molecule has 0 spiro atoms. The SMILES string of the molecule is C=CCNC(=O)Cn1nc(-c2ccco2)c(-c2cc(C)no2)cc1=O. The molecule has 0 unspecified atom stereocenters. The van der Waals surface area contributed by atoms with Crippen LogP contribution in [-0.4, -0.2) is 27.4 Å². The first-order valence-electron chi connectivity index (χ1n) is 7.56. The molecule has 0 aromatic carbocycles. The maximum absolute atomic E-state index is 12.4. The van der Waals surface area contributed by atoms with E-state index in [0.717, 1.165) is 4.68 Å². The van der Waals surface area contributed by atoms with Gasteiger partial charge in [0, 0.05) is 18.7 Å². The van der Waals surface area contributed by atoms with Gasteiger partial charge in [-0.25, -0.2) is 4.68 Å². The van der Waals surface area contributed by atoms with Crippen LogP contribution in [0.3, 0.4) is 0 Å². The Balaban J connectivity index is 2.05. The first-order chi connectivity index (χ1) is 12.1. The van der Waals surface area contributed by atoms with Crippen LogP contribution in [0.25, 0.3) is 22.8 Å². The van der Waals surface area contributed by atoms with E-state index >= 15 is 0 Å². The lowest BCUT2D eigenvalue weighted by Crippen LogP contribution is -2.33. The Morgan fingerprint density at radius 3 is 2.88 bits per heavy atom. The van der Waals surface area contributed by atoms with Crippen LogP contribution in [0.1, 0.15) is 5.69 Å². The molecule has 25 heavy (non-hydrogen) atoms. The summed E-state index contributed by atoms with van der Waals surface area (Å²) in [5.74, 6) is 0.504. The molecule has 8 heteroatoms. The summed E-state index contributed by atoms with van der Waals surface area (Å²) in [4.78, 5) is 24.2. The van der Waals surface area contributed by atoms with Gasteiger partial charge < -0.3 is 14.3 Å². The summed E-state index contributed by atoms with van der Waals surface area (Å²) in [5.41, 5.74) is 1.07. The third-order valence-corrected chi connectivity index (χ3v) is 3.38. The summed E-state index contributed by atoms with van der Waals surface area (Å²) < 4.78 is 11.7. The lowest BCUT2D eigenvalue weighted by atomic mass is 10.1. The molecule has 1 amide bonds. The van der Waals surface area contributed by atoms with Crippen molar-refractivity contribution in [1.82, 2.24) is 20.3 Å². The number of hydrogen-bond donors (Lipinski definition) is 1. The van der Waals surface area contributed by atoms with Crippen molar-refractivity contribution < 1.29 is 13.7 Å². The first kappa shape index (κ1) is 16.4. The minimum atomic E-state index is -0.437. The van der Waals surface area contributed by atoms with E-state index in [-0.39, 0.29) is 12.5 Å². The molecule has 0 saturated carbocycles. The molecule has 0 saturated heterocycles. The molecule has 3 rings (SSSR count). The number of aromatic nitrogens is 3. The fourth-order valence-corrected chi connectivity index (χ4v) is 2.26. The fourth-order valence-electron chi connectivity index (χ4n) is 2.26. The molecule has 0 aliphatic carbocycles. The highest BCUT2D eigenvalue weighted by Crippen LogP contribution is 2.29. The summed E-state index contributed by atoms with van der Waals surface area (Å²) >= 11 is 0. The number of amides is 1. The number of aryl methyl sites for hydroxylation is 1. The maximum atomic E-state index is 12.4. The van der Waals surface area contributed by atoms with Crippen molar-refractivity contribution in [1.29, 1.82) is 0 Å². The number of rotatable bonds is 6. The minimum absolute atomic E-state index is 0.212. The number of furan rings is 1. The van der Waals surface area contributed by atoms with Crippen molar-refractivity contribution >= 4 is 5.91 Å². The molecule has 0 bridgehead atoms. The standard InChI is InChI=1S/C17H16N4O4/c1-3-6-18-15(22)10-21-16(23)9-12(14-8-11(2)20-25-14)17(19-21)13-5-4-7-24-13/h3-5,7-9H,1,6,10H2,2H3,(H,18,22). The average molecular weight is 340 g/mol. The van der Waals surface area contributed by atoms with Crippen LogP contribution >= 0.6 is 0 Å². The zero-order valence-electron chi connectivity index (χ0n) is 13.6. The summed E-state index contributed by atoms with van der Waals surface area (Å²) in [6, 6.07) is 6.47. The monoisotopic (exact) mass is 340 g/mol. The molecule has 3 heterocycles. The largest absolute Gasteiger partial charge is 0.463 e. The Hall–Kier alpha value is -3.42. The van der Waals surface area contributed by atoms with Gasteiger partial charge in [-0.3, -0.25) is 9.59 Å². The van der Waals surface area contributed by atoms with Gasteiger partial charge in [-0.05, 0) is 19.1 Å². The van der Waals surface area contributed by atoms with E-state index in [9.17, 15) is 9.59 Å². The van der Waals surface area contributed by atoms with Gasteiger partial charge in [0.15, 0.2) is 11.5 Å². The first-order valence-corrected chi connectivity index (χ1v) is 7.56. The molecular weight excluding hydrogens is 324 g/mol. The summed E-state index contributed by atoms with van der Waals surface area (Å²) in [7, 11) is 0. The Labute approximate surface area is 142 Å². The predicted molar refractivity (Wildman–Crippen MR) is 89.6 cm³/mol. The Morgan fingerprint density at radius 2 is 2.24 bits per heavy atom. The highest BCUT2D eigenvalue weighted by Gasteiger charge is 2.19. The minimum Gasteiger partial charge on any atom is -0.463 e. The third-order valence-electron chi connectivity index (χ3n) is 3.38. The van der Waals surface area contributed by atoms with Gasteiger partial charge in [-0.2, -0.15) is 5.10 Å². The molecule has 0 aliphatic heterocycles. The molecule has 0 aliphatic rings. The second kappa shape index (κ2) is 7.00. The summed E-state index contributed by atoms with van der Waals surface area (Å²) in [5, 5.41) is 10.7. The lowest BCUT2D eigenvalue weighted by molar-refractivity contribution is -0.121. The van der Waals surface area contributed by atoms with Crippen LogP contribution in [0.15, 0.2) is 56.9 Å². The van der Waals surface area contributed by atoms with E-state index in [1.54, 1.807) is 31.2 Å². The normalized spacial score (nSPS) is 10.6. The van der Waals surface area contributed by atoms with Crippen molar-refractivity contribution in [2.24, 2.45) is 0 Å². The zero-order valence-corrected chi connectivity index (χ0v) is 13.6. The number of carbonyl (C=O) groups excluding carboxylic acids is 1. The third kappa shape index (κ3) is 3.57. The van der Waals surface area contributed by atoms with Crippen LogP contribution in [-0.2, 0) is 11.3 Å². The van der Waals surface area contributed by atoms with Gasteiger partial charge in [0.2, 0.25) is 5.91 Å². The Bertz CT molecular complexity index is 953. The van der Waals surface area contributed by atoms with Gasteiger partial charge in [-0.1, -0.05) is 11.2 Å². The quantitative estimate of drug-likeness (QED) is 0.686. The molecule has 3 aromatic rings. The summed E-state index contributed by atoms with van der Waals surface area (Å²) in [6.45, 7) is 5.40. The number of nitrogens with zero attached hydrogens (tertiary/aromatic N) is 3. The van der Waals surface area contributed by atoms with Crippen molar-refractivity contribution in [3.63, 3.8) is 0 Å².